The van der Waals surface area contributed by atoms with Crippen molar-refractivity contribution in [3.63, 3.8) is 0 Å². The van der Waals surface area contributed by atoms with Gasteiger partial charge in [-0.2, -0.15) is 9.61 Å². The van der Waals surface area contributed by atoms with Gasteiger partial charge < -0.3 is 9.52 Å². The van der Waals surface area contributed by atoms with Crippen molar-refractivity contribution in [2.45, 2.75) is 13.0 Å². The molecule has 7 heteroatoms. The Morgan fingerprint density at radius 2 is 2.13 bits per heavy atom. The van der Waals surface area contributed by atoms with Gasteiger partial charge in [-0.05, 0) is 19.1 Å². The molecule has 0 aromatic carbocycles. The van der Waals surface area contributed by atoms with Crippen LogP contribution in [0.15, 0.2) is 48.2 Å². The fourth-order valence-corrected chi connectivity index (χ4v) is 3.64. The van der Waals surface area contributed by atoms with Crippen LogP contribution in [0, 0.1) is 6.92 Å². The van der Waals surface area contributed by atoms with Gasteiger partial charge >= 0.3 is 0 Å². The zero-order valence-electron chi connectivity index (χ0n) is 12.8. The topological polar surface area (TPSA) is 66.8 Å². The highest BCUT2D eigenvalue weighted by Crippen LogP contribution is 2.40. The second kappa shape index (κ2) is 6.39. The molecule has 0 fully saturated rings. The summed E-state index contributed by atoms with van der Waals surface area (Å²) < 4.78 is 7.27. The molecule has 0 radical (unpaired) electrons. The molecule has 1 atom stereocenters. The van der Waals surface area contributed by atoms with Crippen LogP contribution in [0.3, 0.4) is 0 Å². The molecule has 0 aliphatic rings. The van der Waals surface area contributed by atoms with Crippen LogP contribution in [-0.4, -0.2) is 37.7 Å². The summed E-state index contributed by atoms with van der Waals surface area (Å²) in [7, 11) is 0. The molecule has 0 amide bonds. The van der Waals surface area contributed by atoms with Crippen molar-refractivity contribution in [3.05, 3.63) is 60.2 Å². The molecule has 3 aromatic rings. The molecule has 1 unspecified atom stereocenters. The van der Waals surface area contributed by atoms with Crippen molar-refractivity contribution in [3.8, 4) is 5.88 Å². The Bertz CT molecular complexity index is 822. The van der Waals surface area contributed by atoms with Crippen LogP contribution in [0.25, 0.3) is 4.96 Å². The minimum absolute atomic E-state index is 0.0830. The molecule has 0 spiro atoms. The Balaban J connectivity index is 2.13. The summed E-state index contributed by atoms with van der Waals surface area (Å²) in [6.45, 7) is 10.8. The molecule has 23 heavy (non-hydrogen) atoms. The van der Waals surface area contributed by atoms with E-state index in [2.05, 4.69) is 28.1 Å². The van der Waals surface area contributed by atoms with Crippen molar-refractivity contribution in [2.24, 2.45) is 0 Å². The first-order valence-electron chi connectivity index (χ1n) is 7.19. The number of aryl methyl sites for hydroxylation is 1. The molecule has 1 N–H and O–H groups in total. The Hall–Kier alpha value is -2.38. The highest BCUT2D eigenvalue weighted by atomic mass is 32.1. The predicted molar refractivity (Wildman–Crippen MR) is 89.8 cm³/mol. The summed E-state index contributed by atoms with van der Waals surface area (Å²) >= 11 is 1.39. The normalized spacial score (nSPS) is 12.8. The van der Waals surface area contributed by atoms with Crippen LogP contribution >= 0.6 is 11.3 Å². The number of hydrogen-bond acceptors (Lipinski definition) is 6. The highest BCUT2D eigenvalue weighted by Gasteiger charge is 2.30. The first-order chi connectivity index (χ1) is 11.2. The van der Waals surface area contributed by atoms with Gasteiger partial charge in [-0.3, -0.25) is 4.90 Å². The van der Waals surface area contributed by atoms with Crippen LogP contribution in [0.2, 0.25) is 0 Å². The third-order valence-corrected chi connectivity index (χ3v) is 4.60. The van der Waals surface area contributed by atoms with E-state index in [9.17, 15) is 5.11 Å². The van der Waals surface area contributed by atoms with Gasteiger partial charge in [-0.25, -0.2) is 4.98 Å². The monoisotopic (exact) mass is 330 g/mol. The van der Waals surface area contributed by atoms with Crippen molar-refractivity contribution >= 4 is 16.3 Å². The van der Waals surface area contributed by atoms with Crippen LogP contribution < -0.4 is 0 Å². The summed E-state index contributed by atoms with van der Waals surface area (Å²) in [5.41, 5.74) is 0. The van der Waals surface area contributed by atoms with Crippen LogP contribution in [-0.2, 0) is 0 Å². The zero-order chi connectivity index (χ0) is 16.4. The number of nitrogens with zero attached hydrogens (tertiary/aromatic N) is 4. The second-order valence-corrected chi connectivity index (χ2v) is 6.14. The van der Waals surface area contributed by atoms with E-state index in [0.717, 1.165) is 16.4 Å². The molecule has 0 aliphatic carbocycles. The van der Waals surface area contributed by atoms with E-state index in [1.54, 1.807) is 0 Å². The maximum absolute atomic E-state index is 10.6. The average Bonchev–Trinajstić information content (AvgIpc) is 3.21. The number of thiazole rings is 1. The second-order valence-electron chi connectivity index (χ2n) is 5.13. The fourth-order valence-electron chi connectivity index (χ4n) is 2.56. The first-order valence-corrected chi connectivity index (χ1v) is 8.01. The van der Waals surface area contributed by atoms with Gasteiger partial charge in [0, 0.05) is 13.1 Å². The van der Waals surface area contributed by atoms with Crippen molar-refractivity contribution in [2.75, 3.05) is 13.1 Å². The Morgan fingerprint density at radius 1 is 1.39 bits per heavy atom. The van der Waals surface area contributed by atoms with E-state index >= 15 is 0 Å². The smallest absolute Gasteiger partial charge is 0.230 e. The SMILES string of the molecule is C=CCN(CC=C)C(c1ccc(C)o1)c1sc2ncnn2c1O. The maximum Gasteiger partial charge on any atom is 0.230 e. The van der Waals surface area contributed by atoms with Crippen LogP contribution in [0.5, 0.6) is 5.88 Å². The fraction of sp³-hybridized carbons (Fsp3) is 0.250. The molecule has 0 saturated carbocycles. The molecule has 3 aromatic heterocycles. The third-order valence-electron chi connectivity index (χ3n) is 3.51. The summed E-state index contributed by atoms with van der Waals surface area (Å²) in [6.07, 6.45) is 5.06. The van der Waals surface area contributed by atoms with E-state index in [-0.39, 0.29) is 11.9 Å². The number of aromatic hydroxyl groups is 1. The summed E-state index contributed by atoms with van der Waals surface area (Å²) in [6, 6.07) is 3.58. The molecule has 3 heterocycles. The Labute approximate surface area is 138 Å². The average molecular weight is 330 g/mol. The Kier molecular flexibility index (Phi) is 4.31. The number of hydrogen-bond donors (Lipinski definition) is 1. The molecule has 0 saturated heterocycles. The molecular formula is C16H18N4O2S. The van der Waals surface area contributed by atoms with Gasteiger partial charge in [0.2, 0.25) is 10.8 Å². The minimum atomic E-state index is -0.256. The van der Waals surface area contributed by atoms with Gasteiger partial charge in [-0.1, -0.05) is 23.5 Å². The lowest BCUT2D eigenvalue weighted by Crippen LogP contribution is -2.29. The first kappa shape index (κ1) is 15.5. The summed E-state index contributed by atoms with van der Waals surface area (Å²) in [4.78, 5) is 7.64. The lowest BCUT2D eigenvalue weighted by molar-refractivity contribution is 0.242. The Morgan fingerprint density at radius 3 is 2.70 bits per heavy atom. The lowest BCUT2D eigenvalue weighted by Gasteiger charge is -2.27. The molecule has 3 rings (SSSR count). The summed E-state index contributed by atoms with van der Waals surface area (Å²) in [5, 5.41) is 14.6. The van der Waals surface area contributed by atoms with E-state index in [0.29, 0.717) is 18.1 Å². The largest absolute Gasteiger partial charge is 0.492 e. The number of rotatable bonds is 7. The highest BCUT2D eigenvalue weighted by molar-refractivity contribution is 7.17. The van der Waals surface area contributed by atoms with Gasteiger partial charge in [0.1, 0.15) is 23.9 Å². The van der Waals surface area contributed by atoms with E-state index in [4.69, 9.17) is 4.42 Å². The minimum Gasteiger partial charge on any atom is -0.492 e. The maximum atomic E-state index is 10.6. The number of furan rings is 1. The zero-order valence-corrected chi connectivity index (χ0v) is 13.7. The molecule has 0 aliphatic heterocycles. The van der Waals surface area contributed by atoms with Crippen LogP contribution in [0.1, 0.15) is 22.4 Å². The number of aromatic nitrogens is 3. The van der Waals surface area contributed by atoms with Gasteiger partial charge in [0.25, 0.3) is 0 Å². The van der Waals surface area contributed by atoms with Gasteiger partial charge in [-0.15, -0.1) is 13.2 Å². The molecule has 6 nitrogen and oxygen atoms in total. The van der Waals surface area contributed by atoms with Crippen LogP contribution in [0.4, 0.5) is 0 Å². The van der Waals surface area contributed by atoms with E-state index in [1.165, 1.54) is 22.2 Å². The van der Waals surface area contributed by atoms with E-state index < -0.39 is 0 Å². The van der Waals surface area contributed by atoms with Gasteiger partial charge in [0.05, 0.1) is 4.88 Å². The van der Waals surface area contributed by atoms with Gasteiger partial charge in [0.15, 0.2) is 0 Å². The summed E-state index contributed by atoms with van der Waals surface area (Å²) in [5.74, 6) is 1.66. The van der Waals surface area contributed by atoms with Crippen molar-refractivity contribution in [1.82, 2.24) is 19.5 Å². The molecular weight excluding hydrogens is 312 g/mol. The van der Waals surface area contributed by atoms with Crippen molar-refractivity contribution < 1.29 is 9.52 Å². The number of fused-ring (bicyclic) bond motifs is 1. The van der Waals surface area contributed by atoms with Crippen molar-refractivity contribution in [1.29, 1.82) is 0 Å². The third kappa shape index (κ3) is 2.80. The molecule has 120 valence electrons. The van der Waals surface area contributed by atoms with E-state index in [1.807, 2.05) is 31.2 Å². The predicted octanol–water partition coefficient (Wildman–Crippen LogP) is 3.16. The quantitative estimate of drug-likeness (QED) is 0.674. The lowest BCUT2D eigenvalue weighted by atomic mass is 10.1. The molecule has 0 bridgehead atoms. The standard InChI is InChI=1S/C16H18N4O2S/c1-4-8-19(9-5-2)13(12-7-6-11(3)22-12)14-15(21)20-16(23-14)17-10-18-20/h4-7,10,13,21H,1-2,8-9H2,3H3.